The Morgan fingerprint density at radius 3 is 2.40 bits per heavy atom. The number of hydrogen-bond donors (Lipinski definition) is 3. The number of amides is 1. The molecular formula is C17H18Cl2Li2N3O5P. The van der Waals surface area contributed by atoms with Gasteiger partial charge in [0.15, 0.2) is 0 Å². The molecule has 1 aromatic carbocycles. The molecule has 1 heterocycles. The van der Waals surface area contributed by atoms with Crippen molar-refractivity contribution in [1.29, 1.82) is 0 Å². The minimum atomic E-state index is -4.01. The number of benzene rings is 1. The van der Waals surface area contributed by atoms with E-state index in [-0.39, 0.29) is 66.7 Å². The molecular weight excluding hydrogens is 442 g/mol. The maximum atomic E-state index is 12.7. The van der Waals surface area contributed by atoms with E-state index in [0.717, 1.165) is 0 Å². The maximum Gasteiger partial charge on any atom is 1.00 e. The molecule has 152 valence electrons. The van der Waals surface area contributed by atoms with Gasteiger partial charge in [0, 0.05) is 12.4 Å². The number of carboxylic acids is 1. The molecule has 0 bridgehead atoms. The van der Waals surface area contributed by atoms with Crippen molar-refractivity contribution in [2.24, 2.45) is 0 Å². The summed E-state index contributed by atoms with van der Waals surface area (Å²) in [6, 6.07) is 4.78. The predicted molar refractivity (Wildman–Crippen MR) is 104 cm³/mol. The van der Waals surface area contributed by atoms with Crippen LogP contribution in [0.1, 0.15) is 29.4 Å². The van der Waals surface area contributed by atoms with E-state index in [4.69, 9.17) is 23.2 Å². The first-order valence-electron chi connectivity index (χ1n) is 8.33. The molecule has 3 N–H and O–H groups in total. The van der Waals surface area contributed by atoms with Crippen LogP contribution in [-0.4, -0.2) is 29.1 Å². The summed E-state index contributed by atoms with van der Waals surface area (Å²) in [6.45, 7) is 1.71. The van der Waals surface area contributed by atoms with E-state index >= 15 is 0 Å². The number of H-pyrrole nitrogens is 1. The van der Waals surface area contributed by atoms with Crippen LogP contribution in [0, 0.1) is 0 Å². The van der Waals surface area contributed by atoms with Gasteiger partial charge in [-0.1, -0.05) is 36.2 Å². The molecule has 8 nitrogen and oxygen atoms in total. The first-order chi connectivity index (χ1) is 13.1. The second-order valence-corrected chi connectivity index (χ2v) is 8.98. The Kier molecular flexibility index (Phi) is 12.8. The number of carbonyl (C=O) groups is 2. The van der Waals surface area contributed by atoms with E-state index in [1.54, 1.807) is 25.1 Å². The SMILES string of the molecule is CCCP(=O)([O-])NC(Cc1ccc(Cl)c(Cl)c1)C(=O)Nc1c[nH]c(C(=O)[O-])c1.[Li+].[Li+]. The number of rotatable bonds is 9. The number of nitrogens with one attached hydrogen (secondary N) is 3. The summed E-state index contributed by atoms with van der Waals surface area (Å²) in [5.74, 6) is -2.08. The molecule has 1 amide bonds. The number of aromatic carboxylic acids is 1. The minimum Gasteiger partial charge on any atom is -0.788 e. The molecule has 0 radical (unpaired) electrons. The summed E-state index contributed by atoms with van der Waals surface area (Å²) in [4.78, 5) is 38.1. The molecule has 2 unspecified atom stereocenters. The van der Waals surface area contributed by atoms with Gasteiger partial charge in [-0.3, -0.25) is 9.88 Å². The van der Waals surface area contributed by atoms with Gasteiger partial charge in [-0.2, -0.15) is 0 Å². The third-order valence-corrected chi connectivity index (χ3v) is 6.26. The van der Waals surface area contributed by atoms with Crippen molar-refractivity contribution in [3.8, 4) is 0 Å². The number of hydrogen-bond acceptors (Lipinski definition) is 5. The van der Waals surface area contributed by atoms with E-state index in [2.05, 4.69) is 15.4 Å². The molecule has 13 heteroatoms. The first kappa shape index (κ1) is 29.4. The normalized spacial score (nSPS) is 13.3. The van der Waals surface area contributed by atoms with Crippen molar-refractivity contribution < 1.29 is 61.9 Å². The summed E-state index contributed by atoms with van der Waals surface area (Å²) in [5.41, 5.74) is 0.550. The molecule has 30 heavy (non-hydrogen) atoms. The Morgan fingerprint density at radius 2 is 1.87 bits per heavy atom. The van der Waals surface area contributed by atoms with Gasteiger partial charge in [0.25, 0.3) is 0 Å². The van der Waals surface area contributed by atoms with Crippen LogP contribution >= 0.6 is 30.7 Å². The molecule has 0 spiro atoms. The van der Waals surface area contributed by atoms with Gasteiger partial charge in [-0.25, -0.2) is 0 Å². The van der Waals surface area contributed by atoms with Crippen molar-refractivity contribution in [1.82, 2.24) is 10.1 Å². The van der Waals surface area contributed by atoms with Crippen LogP contribution in [0.5, 0.6) is 0 Å². The van der Waals surface area contributed by atoms with Crippen LogP contribution in [-0.2, 0) is 15.8 Å². The quantitative estimate of drug-likeness (QED) is 0.257. The van der Waals surface area contributed by atoms with Crippen LogP contribution in [0.15, 0.2) is 30.5 Å². The average molecular weight is 460 g/mol. The molecule has 2 atom stereocenters. The zero-order valence-corrected chi connectivity index (χ0v) is 19.2. The van der Waals surface area contributed by atoms with E-state index in [9.17, 15) is 24.2 Å². The number of aromatic nitrogens is 1. The third-order valence-electron chi connectivity index (χ3n) is 3.78. The Labute approximate surface area is 208 Å². The summed E-state index contributed by atoms with van der Waals surface area (Å²) >= 11 is 11.9. The Morgan fingerprint density at radius 1 is 1.20 bits per heavy atom. The van der Waals surface area contributed by atoms with E-state index in [0.29, 0.717) is 17.0 Å². The third kappa shape index (κ3) is 8.85. The summed E-state index contributed by atoms with van der Waals surface area (Å²) in [5, 5.41) is 16.3. The van der Waals surface area contributed by atoms with Gasteiger partial charge in [0.05, 0.1) is 41.0 Å². The molecule has 0 aliphatic carbocycles. The molecule has 2 rings (SSSR count). The molecule has 0 saturated carbocycles. The van der Waals surface area contributed by atoms with Gasteiger partial charge in [0.2, 0.25) is 5.91 Å². The molecule has 0 aliphatic rings. The fourth-order valence-corrected chi connectivity index (χ4v) is 4.23. The topological polar surface area (TPSA) is 137 Å². The van der Waals surface area contributed by atoms with Crippen LogP contribution in [0.2, 0.25) is 10.0 Å². The van der Waals surface area contributed by atoms with Crippen molar-refractivity contribution >= 4 is 48.3 Å². The predicted octanol–water partition coefficient (Wildman–Crippen LogP) is -4.20. The van der Waals surface area contributed by atoms with Crippen molar-refractivity contribution in [2.45, 2.75) is 25.8 Å². The molecule has 1 aromatic heterocycles. The van der Waals surface area contributed by atoms with Crippen LogP contribution in [0.4, 0.5) is 5.69 Å². The number of halogens is 2. The van der Waals surface area contributed by atoms with Crippen LogP contribution < -0.4 is 58.1 Å². The van der Waals surface area contributed by atoms with Crippen LogP contribution in [0.25, 0.3) is 0 Å². The molecule has 2 aromatic rings. The number of carboxylic acid groups (broad SMARTS) is 1. The van der Waals surface area contributed by atoms with Gasteiger partial charge in [0.1, 0.15) is 0 Å². The monoisotopic (exact) mass is 459 g/mol. The Bertz CT molecular complexity index is 929. The number of aromatic amines is 1. The second-order valence-electron chi connectivity index (χ2n) is 6.11. The van der Waals surface area contributed by atoms with Crippen LogP contribution in [0.3, 0.4) is 0 Å². The number of carbonyl (C=O) groups excluding carboxylic acids is 2. The van der Waals surface area contributed by atoms with Gasteiger partial charge in [-0.15, -0.1) is 0 Å². The van der Waals surface area contributed by atoms with Crippen molar-refractivity contribution in [2.75, 3.05) is 11.5 Å². The van der Waals surface area contributed by atoms with E-state index < -0.39 is 25.4 Å². The fraction of sp³-hybridized carbons (Fsp3) is 0.294. The fourth-order valence-electron chi connectivity index (χ4n) is 2.51. The van der Waals surface area contributed by atoms with E-state index in [1.807, 2.05) is 0 Å². The maximum absolute atomic E-state index is 12.7. The van der Waals surface area contributed by atoms with Crippen molar-refractivity contribution in [3.05, 3.63) is 51.8 Å². The zero-order valence-electron chi connectivity index (χ0n) is 16.8. The van der Waals surface area contributed by atoms with E-state index in [1.165, 1.54) is 12.3 Å². The smallest absolute Gasteiger partial charge is 0.788 e. The standard InChI is InChI=1S/C17H20Cl2N3O5P.2Li/c1-2-5-28(26,27)22-14(7-10-3-4-12(18)13(19)6-10)16(23)21-11-8-15(17(24)25)20-9-11;;/h3-4,6,8-9,14,20H,2,5,7H2,1H3,(H,21,23)(H,24,25)(H2,22,26,27);;/q;2*+1/p-2. The van der Waals surface area contributed by atoms with Gasteiger partial charge >= 0.3 is 37.7 Å². The van der Waals surface area contributed by atoms with Crippen molar-refractivity contribution in [3.63, 3.8) is 0 Å². The minimum absolute atomic E-state index is 0. The Hall–Kier alpha value is -0.635. The average Bonchev–Trinajstić information content (AvgIpc) is 3.06. The number of anilines is 1. The largest absolute Gasteiger partial charge is 1.00 e. The molecule has 0 fully saturated rings. The summed E-state index contributed by atoms with van der Waals surface area (Å²) in [7, 11) is -4.01. The molecule has 0 saturated heterocycles. The zero-order chi connectivity index (χ0) is 20.9. The second kappa shape index (κ2) is 13.0. The van der Waals surface area contributed by atoms with Gasteiger partial charge in [-0.05, 0) is 36.6 Å². The molecule has 0 aliphatic heterocycles. The summed E-state index contributed by atoms with van der Waals surface area (Å²) < 4.78 is 12.2. The first-order valence-corrected chi connectivity index (χ1v) is 10.9. The Balaban J connectivity index is 0.00000420. The summed E-state index contributed by atoms with van der Waals surface area (Å²) in [6.07, 6.45) is 1.57. The van der Waals surface area contributed by atoms with Gasteiger partial charge < -0.3 is 29.7 Å².